The molecule has 1 fully saturated rings. The van der Waals surface area contributed by atoms with Gasteiger partial charge in [0.25, 0.3) is 0 Å². The fraction of sp³-hybridized carbons (Fsp3) is 0.875. The SMILES string of the molecule is NC(=O)CCOC1CCCCO1. The Labute approximate surface area is 72.0 Å². The molecule has 0 aromatic rings. The average Bonchev–Trinajstić information content (AvgIpc) is 2.05. The molecular weight excluding hydrogens is 158 g/mol. The summed E-state index contributed by atoms with van der Waals surface area (Å²) in [5, 5.41) is 0. The van der Waals surface area contributed by atoms with Crippen LogP contribution in [-0.4, -0.2) is 25.4 Å². The van der Waals surface area contributed by atoms with Crippen LogP contribution in [0.15, 0.2) is 0 Å². The van der Waals surface area contributed by atoms with Crippen molar-refractivity contribution in [3.63, 3.8) is 0 Å². The van der Waals surface area contributed by atoms with Gasteiger partial charge >= 0.3 is 0 Å². The van der Waals surface area contributed by atoms with Crippen molar-refractivity contribution in [1.82, 2.24) is 0 Å². The third kappa shape index (κ3) is 3.69. The Hall–Kier alpha value is -0.610. The molecule has 1 unspecified atom stereocenters. The van der Waals surface area contributed by atoms with Gasteiger partial charge in [-0.15, -0.1) is 0 Å². The van der Waals surface area contributed by atoms with Crippen molar-refractivity contribution in [2.24, 2.45) is 5.73 Å². The highest BCUT2D eigenvalue weighted by Gasteiger charge is 2.13. The molecule has 1 atom stereocenters. The fourth-order valence-electron chi connectivity index (χ4n) is 1.13. The number of hydrogen-bond donors (Lipinski definition) is 1. The van der Waals surface area contributed by atoms with Gasteiger partial charge in [0.2, 0.25) is 5.91 Å². The van der Waals surface area contributed by atoms with Crippen LogP contribution in [0.2, 0.25) is 0 Å². The molecule has 0 bridgehead atoms. The van der Waals surface area contributed by atoms with Crippen LogP contribution in [0.4, 0.5) is 0 Å². The molecule has 0 aromatic heterocycles. The smallest absolute Gasteiger partial charge is 0.219 e. The van der Waals surface area contributed by atoms with Crippen molar-refractivity contribution in [2.45, 2.75) is 32.0 Å². The van der Waals surface area contributed by atoms with Crippen molar-refractivity contribution in [2.75, 3.05) is 13.2 Å². The van der Waals surface area contributed by atoms with Crippen LogP contribution in [0, 0.1) is 0 Å². The van der Waals surface area contributed by atoms with Crippen LogP contribution in [0.3, 0.4) is 0 Å². The normalized spacial score (nSPS) is 23.8. The number of carbonyl (C=O) groups is 1. The number of hydrogen-bond acceptors (Lipinski definition) is 3. The minimum atomic E-state index is -0.328. The van der Waals surface area contributed by atoms with Crippen LogP contribution >= 0.6 is 0 Å². The van der Waals surface area contributed by atoms with E-state index in [1.54, 1.807) is 0 Å². The number of amides is 1. The van der Waals surface area contributed by atoms with Crippen LogP contribution in [0.1, 0.15) is 25.7 Å². The van der Waals surface area contributed by atoms with Gasteiger partial charge in [-0.05, 0) is 19.3 Å². The largest absolute Gasteiger partial charge is 0.370 e. The van der Waals surface area contributed by atoms with E-state index in [1.807, 2.05) is 0 Å². The zero-order valence-corrected chi connectivity index (χ0v) is 7.12. The van der Waals surface area contributed by atoms with E-state index in [2.05, 4.69) is 0 Å². The summed E-state index contributed by atoms with van der Waals surface area (Å²) < 4.78 is 10.6. The van der Waals surface area contributed by atoms with Gasteiger partial charge in [0, 0.05) is 13.0 Å². The Kier molecular flexibility index (Phi) is 4.04. The van der Waals surface area contributed by atoms with E-state index in [0.717, 1.165) is 25.9 Å². The number of primary amides is 1. The molecule has 2 N–H and O–H groups in total. The van der Waals surface area contributed by atoms with E-state index in [4.69, 9.17) is 15.2 Å². The molecule has 0 spiro atoms. The van der Waals surface area contributed by atoms with Crippen molar-refractivity contribution < 1.29 is 14.3 Å². The lowest BCUT2D eigenvalue weighted by Gasteiger charge is -2.22. The zero-order valence-electron chi connectivity index (χ0n) is 7.12. The lowest BCUT2D eigenvalue weighted by atomic mass is 10.2. The summed E-state index contributed by atoms with van der Waals surface area (Å²) in [7, 11) is 0. The Balaban J connectivity index is 2.01. The van der Waals surface area contributed by atoms with Gasteiger partial charge in [0.15, 0.2) is 6.29 Å². The first kappa shape index (κ1) is 9.48. The Morgan fingerprint density at radius 2 is 2.42 bits per heavy atom. The Morgan fingerprint density at radius 3 is 3.00 bits per heavy atom. The molecule has 0 aliphatic carbocycles. The standard InChI is InChI=1S/C8H15NO3/c9-7(10)4-6-12-8-3-1-2-5-11-8/h8H,1-6H2,(H2,9,10). The molecule has 1 aliphatic rings. The number of ether oxygens (including phenoxy) is 2. The van der Waals surface area contributed by atoms with Crippen molar-refractivity contribution in [3.8, 4) is 0 Å². The molecule has 1 amide bonds. The van der Waals surface area contributed by atoms with Gasteiger partial charge in [-0.1, -0.05) is 0 Å². The minimum Gasteiger partial charge on any atom is -0.370 e. The summed E-state index contributed by atoms with van der Waals surface area (Å²) in [5.74, 6) is -0.328. The maximum absolute atomic E-state index is 10.3. The highest BCUT2D eigenvalue weighted by molar-refractivity contribution is 5.73. The molecule has 4 heteroatoms. The molecule has 0 saturated carbocycles. The van der Waals surface area contributed by atoms with E-state index >= 15 is 0 Å². The second-order valence-corrected chi connectivity index (χ2v) is 2.88. The number of nitrogens with two attached hydrogens (primary N) is 1. The third-order valence-electron chi connectivity index (χ3n) is 1.79. The van der Waals surface area contributed by atoms with Gasteiger partial charge in [-0.25, -0.2) is 0 Å². The molecule has 0 radical (unpaired) electrons. The molecular formula is C8H15NO3. The van der Waals surface area contributed by atoms with Gasteiger partial charge in [0.05, 0.1) is 6.61 Å². The van der Waals surface area contributed by atoms with E-state index in [-0.39, 0.29) is 18.6 Å². The molecule has 0 aromatic carbocycles. The van der Waals surface area contributed by atoms with E-state index in [1.165, 1.54) is 0 Å². The molecule has 1 heterocycles. The van der Waals surface area contributed by atoms with Crippen LogP contribution in [0.5, 0.6) is 0 Å². The van der Waals surface area contributed by atoms with Crippen LogP contribution in [0.25, 0.3) is 0 Å². The van der Waals surface area contributed by atoms with E-state index < -0.39 is 0 Å². The van der Waals surface area contributed by atoms with Crippen molar-refractivity contribution in [1.29, 1.82) is 0 Å². The monoisotopic (exact) mass is 173 g/mol. The molecule has 1 rings (SSSR count). The Morgan fingerprint density at radius 1 is 1.58 bits per heavy atom. The van der Waals surface area contributed by atoms with E-state index in [0.29, 0.717) is 6.61 Å². The van der Waals surface area contributed by atoms with Gasteiger partial charge < -0.3 is 15.2 Å². The summed E-state index contributed by atoms with van der Waals surface area (Å²) in [4.78, 5) is 10.3. The topological polar surface area (TPSA) is 61.6 Å². The van der Waals surface area contributed by atoms with Gasteiger partial charge in [-0.3, -0.25) is 4.79 Å². The summed E-state index contributed by atoms with van der Waals surface area (Å²) in [6, 6.07) is 0. The summed E-state index contributed by atoms with van der Waals surface area (Å²) in [6.45, 7) is 1.14. The van der Waals surface area contributed by atoms with Gasteiger partial charge in [-0.2, -0.15) is 0 Å². The summed E-state index contributed by atoms with van der Waals surface area (Å²) in [5.41, 5.74) is 4.95. The second-order valence-electron chi connectivity index (χ2n) is 2.88. The molecule has 4 nitrogen and oxygen atoms in total. The number of carbonyl (C=O) groups excluding carboxylic acids is 1. The highest BCUT2D eigenvalue weighted by Crippen LogP contribution is 2.13. The Bertz CT molecular complexity index is 143. The van der Waals surface area contributed by atoms with Gasteiger partial charge in [0.1, 0.15) is 0 Å². The fourth-order valence-corrected chi connectivity index (χ4v) is 1.13. The molecule has 1 saturated heterocycles. The average molecular weight is 173 g/mol. The van der Waals surface area contributed by atoms with Crippen molar-refractivity contribution >= 4 is 5.91 Å². The predicted molar refractivity (Wildman–Crippen MR) is 43.4 cm³/mol. The second kappa shape index (κ2) is 5.11. The quantitative estimate of drug-likeness (QED) is 0.669. The zero-order chi connectivity index (χ0) is 8.81. The summed E-state index contributed by atoms with van der Waals surface area (Å²) >= 11 is 0. The first-order valence-electron chi connectivity index (χ1n) is 4.30. The first-order valence-corrected chi connectivity index (χ1v) is 4.30. The number of rotatable bonds is 4. The third-order valence-corrected chi connectivity index (χ3v) is 1.79. The van der Waals surface area contributed by atoms with Crippen molar-refractivity contribution in [3.05, 3.63) is 0 Å². The predicted octanol–water partition coefficient (Wildman–Crippen LogP) is 0.405. The maximum atomic E-state index is 10.3. The molecule has 12 heavy (non-hydrogen) atoms. The van der Waals surface area contributed by atoms with E-state index in [9.17, 15) is 4.79 Å². The lowest BCUT2D eigenvalue weighted by Crippen LogP contribution is -2.24. The highest BCUT2D eigenvalue weighted by atomic mass is 16.7. The molecule has 1 aliphatic heterocycles. The maximum Gasteiger partial charge on any atom is 0.219 e. The lowest BCUT2D eigenvalue weighted by molar-refractivity contribution is -0.164. The van der Waals surface area contributed by atoms with Crippen LogP contribution in [-0.2, 0) is 14.3 Å². The first-order chi connectivity index (χ1) is 5.79. The van der Waals surface area contributed by atoms with Crippen LogP contribution < -0.4 is 5.73 Å². The minimum absolute atomic E-state index is 0.113. The summed E-state index contributed by atoms with van der Waals surface area (Å²) in [6.07, 6.45) is 3.34. The molecule has 70 valence electrons.